The number of aromatic nitrogens is 1. The number of hydrogen-bond acceptors (Lipinski definition) is 4. The topological polar surface area (TPSA) is 76.1 Å². The molecular weight excluding hydrogens is 336 g/mol. The molecular formula is C19H16N2O3S. The van der Waals surface area contributed by atoms with Crippen molar-refractivity contribution in [1.82, 2.24) is 4.98 Å². The minimum absolute atomic E-state index is 0.191. The minimum Gasteiger partial charge on any atom is -0.321 e. The van der Waals surface area contributed by atoms with Crippen LogP contribution in [0.1, 0.15) is 15.9 Å². The van der Waals surface area contributed by atoms with E-state index in [-0.39, 0.29) is 15.7 Å². The Bertz CT molecular complexity index is 1000. The van der Waals surface area contributed by atoms with Gasteiger partial charge in [0, 0.05) is 11.8 Å². The summed E-state index contributed by atoms with van der Waals surface area (Å²) in [6, 6.07) is 16.2. The summed E-state index contributed by atoms with van der Waals surface area (Å²) in [5.41, 5.74) is 1.47. The molecule has 126 valence electrons. The molecule has 0 radical (unpaired) electrons. The Morgan fingerprint density at radius 2 is 1.76 bits per heavy atom. The minimum atomic E-state index is -3.61. The Balaban J connectivity index is 1.90. The highest BCUT2D eigenvalue weighted by Crippen LogP contribution is 2.24. The second-order valence-electron chi connectivity index (χ2n) is 5.49. The number of pyridine rings is 1. The van der Waals surface area contributed by atoms with Crippen LogP contribution in [0.3, 0.4) is 0 Å². The van der Waals surface area contributed by atoms with E-state index in [0.29, 0.717) is 16.8 Å². The number of carbonyl (C=O) groups is 1. The summed E-state index contributed by atoms with van der Waals surface area (Å²) in [5, 5.41) is 2.72. The summed E-state index contributed by atoms with van der Waals surface area (Å²) >= 11 is 0. The smallest absolute Gasteiger partial charge is 0.255 e. The zero-order chi connectivity index (χ0) is 17.9. The number of sulfone groups is 1. The Labute approximate surface area is 146 Å². The Kier molecular flexibility index (Phi) is 4.63. The maximum absolute atomic E-state index is 12.7. The number of amides is 1. The molecule has 0 saturated carbocycles. The molecule has 0 atom stereocenters. The normalized spacial score (nSPS) is 11.1. The number of aryl methyl sites for hydroxylation is 1. The first-order valence-corrected chi connectivity index (χ1v) is 9.09. The maximum Gasteiger partial charge on any atom is 0.255 e. The molecule has 3 aromatic rings. The van der Waals surface area contributed by atoms with E-state index in [1.165, 1.54) is 12.1 Å². The molecule has 0 saturated heterocycles. The van der Waals surface area contributed by atoms with Crippen molar-refractivity contribution in [3.8, 4) is 0 Å². The fourth-order valence-electron chi connectivity index (χ4n) is 2.46. The van der Waals surface area contributed by atoms with E-state index in [2.05, 4.69) is 10.3 Å². The van der Waals surface area contributed by atoms with E-state index in [4.69, 9.17) is 0 Å². The SMILES string of the molecule is Cc1cc(C(=O)Nc2cccnc2)ccc1S(=O)(=O)c1ccccc1. The van der Waals surface area contributed by atoms with Crippen LogP contribution in [0.2, 0.25) is 0 Å². The van der Waals surface area contributed by atoms with Crippen molar-refractivity contribution in [2.75, 3.05) is 5.32 Å². The van der Waals surface area contributed by atoms with Gasteiger partial charge in [-0.1, -0.05) is 18.2 Å². The third kappa shape index (κ3) is 3.59. The highest BCUT2D eigenvalue weighted by molar-refractivity contribution is 7.91. The molecule has 6 heteroatoms. The van der Waals surface area contributed by atoms with Gasteiger partial charge in [0.2, 0.25) is 9.84 Å². The molecule has 1 heterocycles. The summed E-state index contributed by atoms with van der Waals surface area (Å²) in [6.45, 7) is 1.68. The van der Waals surface area contributed by atoms with Crippen LogP contribution in [-0.2, 0) is 9.84 Å². The highest BCUT2D eigenvalue weighted by Gasteiger charge is 2.20. The first-order valence-electron chi connectivity index (χ1n) is 7.60. The van der Waals surface area contributed by atoms with Crippen LogP contribution in [0.25, 0.3) is 0 Å². The van der Waals surface area contributed by atoms with Crippen molar-refractivity contribution in [3.63, 3.8) is 0 Å². The number of carbonyl (C=O) groups excluding carboxylic acids is 1. The van der Waals surface area contributed by atoms with Gasteiger partial charge >= 0.3 is 0 Å². The molecule has 0 aliphatic rings. The van der Waals surface area contributed by atoms with Crippen molar-refractivity contribution < 1.29 is 13.2 Å². The Morgan fingerprint density at radius 1 is 1.00 bits per heavy atom. The van der Waals surface area contributed by atoms with Gasteiger partial charge in [0.15, 0.2) is 0 Å². The molecule has 1 aromatic heterocycles. The monoisotopic (exact) mass is 352 g/mol. The largest absolute Gasteiger partial charge is 0.321 e. The van der Waals surface area contributed by atoms with Crippen molar-refractivity contribution in [2.24, 2.45) is 0 Å². The quantitative estimate of drug-likeness (QED) is 0.780. The second kappa shape index (κ2) is 6.86. The average Bonchev–Trinajstić information content (AvgIpc) is 2.63. The van der Waals surface area contributed by atoms with Crippen molar-refractivity contribution >= 4 is 21.4 Å². The lowest BCUT2D eigenvalue weighted by atomic mass is 10.1. The summed E-state index contributed by atoms with van der Waals surface area (Å²) in [7, 11) is -3.61. The fraction of sp³-hybridized carbons (Fsp3) is 0.0526. The molecule has 1 amide bonds. The molecule has 25 heavy (non-hydrogen) atoms. The fourth-order valence-corrected chi connectivity index (χ4v) is 3.96. The molecule has 5 nitrogen and oxygen atoms in total. The van der Waals surface area contributed by atoms with Crippen LogP contribution >= 0.6 is 0 Å². The van der Waals surface area contributed by atoms with Crippen LogP contribution < -0.4 is 5.32 Å². The molecule has 3 rings (SSSR count). The third-order valence-electron chi connectivity index (χ3n) is 3.70. The molecule has 0 aliphatic carbocycles. The van der Waals surface area contributed by atoms with Gasteiger partial charge in [-0.05, 0) is 55.0 Å². The van der Waals surface area contributed by atoms with E-state index in [9.17, 15) is 13.2 Å². The van der Waals surface area contributed by atoms with Gasteiger partial charge in [-0.3, -0.25) is 9.78 Å². The first-order chi connectivity index (χ1) is 12.0. The predicted octanol–water partition coefficient (Wildman–Crippen LogP) is 3.48. The van der Waals surface area contributed by atoms with Crippen LogP contribution in [0.4, 0.5) is 5.69 Å². The maximum atomic E-state index is 12.7. The lowest BCUT2D eigenvalue weighted by molar-refractivity contribution is 0.102. The summed E-state index contributed by atoms with van der Waals surface area (Å²) in [6.07, 6.45) is 3.15. The standard InChI is InChI=1S/C19H16N2O3S/c1-14-12-15(19(22)21-16-6-5-11-20-13-16)9-10-18(14)25(23,24)17-7-3-2-4-8-17/h2-13H,1H3,(H,21,22). The lowest BCUT2D eigenvalue weighted by Crippen LogP contribution is -2.13. The van der Waals surface area contributed by atoms with Crippen LogP contribution in [-0.4, -0.2) is 19.3 Å². The van der Waals surface area contributed by atoms with E-state index >= 15 is 0 Å². The van der Waals surface area contributed by atoms with Gasteiger partial charge in [-0.2, -0.15) is 0 Å². The van der Waals surface area contributed by atoms with Crippen LogP contribution in [0, 0.1) is 6.92 Å². The van der Waals surface area contributed by atoms with E-state index in [1.54, 1.807) is 67.8 Å². The average molecular weight is 352 g/mol. The summed E-state index contributed by atoms with van der Waals surface area (Å²) in [4.78, 5) is 16.7. The zero-order valence-corrected chi connectivity index (χ0v) is 14.3. The highest BCUT2D eigenvalue weighted by atomic mass is 32.2. The van der Waals surface area contributed by atoms with Gasteiger partial charge in [0.1, 0.15) is 0 Å². The number of benzene rings is 2. The van der Waals surface area contributed by atoms with E-state index < -0.39 is 9.84 Å². The summed E-state index contributed by atoms with van der Waals surface area (Å²) < 4.78 is 25.4. The molecule has 0 bridgehead atoms. The van der Waals surface area contributed by atoms with Crippen LogP contribution in [0.5, 0.6) is 0 Å². The van der Waals surface area contributed by atoms with Gasteiger partial charge < -0.3 is 5.32 Å². The van der Waals surface area contributed by atoms with Crippen molar-refractivity contribution in [2.45, 2.75) is 16.7 Å². The predicted molar refractivity (Wildman–Crippen MR) is 95.3 cm³/mol. The van der Waals surface area contributed by atoms with Crippen molar-refractivity contribution in [3.05, 3.63) is 84.2 Å². The van der Waals surface area contributed by atoms with Gasteiger partial charge in [0.25, 0.3) is 5.91 Å². The van der Waals surface area contributed by atoms with Crippen molar-refractivity contribution in [1.29, 1.82) is 0 Å². The number of rotatable bonds is 4. The van der Waals surface area contributed by atoms with Gasteiger partial charge in [-0.25, -0.2) is 8.42 Å². The molecule has 0 aliphatic heterocycles. The zero-order valence-electron chi connectivity index (χ0n) is 13.5. The second-order valence-corrected chi connectivity index (χ2v) is 7.41. The molecule has 0 unspecified atom stereocenters. The van der Waals surface area contributed by atoms with E-state index in [0.717, 1.165) is 0 Å². The molecule has 1 N–H and O–H groups in total. The van der Waals surface area contributed by atoms with Crippen LogP contribution in [0.15, 0.2) is 82.8 Å². The first kappa shape index (κ1) is 16.9. The number of nitrogens with zero attached hydrogens (tertiary/aromatic N) is 1. The molecule has 2 aromatic carbocycles. The molecule has 0 spiro atoms. The Morgan fingerprint density at radius 3 is 2.40 bits per heavy atom. The van der Waals surface area contributed by atoms with Gasteiger partial charge in [-0.15, -0.1) is 0 Å². The van der Waals surface area contributed by atoms with Gasteiger partial charge in [0.05, 0.1) is 21.7 Å². The number of nitrogens with one attached hydrogen (secondary N) is 1. The lowest BCUT2D eigenvalue weighted by Gasteiger charge is -2.10. The number of anilines is 1. The van der Waals surface area contributed by atoms with E-state index in [1.807, 2.05) is 0 Å². The molecule has 0 fully saturated rings. The Hall–Kier alpha value is -2.99. The third-order valence-corrected chi connectivity index (χ3v) is 5.63. The summed E-state index contributed by atoms with van der Waals surface area (Å²) in [5.74, 6) is -0.320. The number of hydrogen-bond donors (Lipinski definition) is 1.